The average Bonchev–Trinajstić information content (AvgIpc) is 3.14. The van der Waals surface area contributed by atoms with Gasteiger partial charge in [-0.25, -0.2) is 13.4 Å². The summed E-state index contributed by atoms with van der Waals surface area (Å²) in [6, 6.07) is 12.7. The lowest BCUT2D eigenvalue weighted by atomic mass is 10.1. The quantitative estimate of drug-likeness (QED) is 0.524. The molecule has 9 heteroatoms. The Balaban J connectivity index is 1.37. The maximum absolute atomic E-state index is 13.0. The molecule has 3 aromatic rings. The van der Waals surface area contributed by atoms with Crippen LogP contribution in [0.4, 0.5) is 0 Å². The molecule has 7 nitrogen and oxygen atoms in total. The van der Waals surface area contributed by atoms with Crippen LogP contribution in [-0.2, 0) is 34.7 Å². The molecule has 2 heterocycles. The smallest absolute Gasteiger partial charge is 0.243 e. The van der Waals surface area contributed by atoms with Crippen molar-refractivity contribution in [1.82, 2.24) is 19.2 Å². The Bertz CT molecular complexity index is 1230. The van der Waals surface area contributed by atoms with Crippen molar-refractivity contribution in [3.05, 3.63) is 58.9 Å². The Labute approximate surface area is 199 Å². The predicted octanol–water partition coefficient (Wildman–Crippen LogP) is 3.69. The second-order valence-electron chi connectivity index (χ2n) is 8.43. The van der Waals surface area contributed by atoms with Crippen molar-refractivity contribution >= 4 is 38.6 Å². The number of sulfonamides is 1. The van der Waals surface area contributed by atoms with Crippen LogP contribution in [0.3, 0.4) is 0 Å². The van der Waals surface area contributed by atoms with Crippen LogP contribution >= 0.6 is 11.6 Å². The molecule has 1 aliphatic rings. The number of fused-ring (bicyclic) bond motifs is 1. The number of imidazole rings is 1. The van der Waals surface area contributed by atoms with Gasteiger partial charge in [-0.1, -0.05) is 30.2 Å². The fourth-order valence-electron chi connectivity index (χ4n) is 4.18. The fraction of sp³-hybridized carbons (Fsp3) is 0.417. The van der Waals surface area contributed by atoms with E-state index < -0.39 is 10.0 Å². The summed E-state index contributed by atoms with van der Waals surface area (Å²) in [4.78, 5) is 17.2. The molecule has 0 spiro atoms. The van der Waals surface area contributed by atoms with Crippen LogP contribution in [0, 0.1) is 0 Å². The van der Waals surface area contributed by atoms with Crippen molar-refractivity contribution in [2.75, 3.05) is 19.6 Å². The number of hydrogen-bond acceptors (Lipinski definition) is 4. The van der Waals surface area contributed by atoms with Crippen LogP contribution < -0.4 is 5.32 Å². The largest absolute Gasteiger partial charge is 0.356 e. The first-order chi connectivity index (χ1) is 15.8. The highest BCUT2D eigenvalue weighted by Crippen LogP contribution is 2.25. The van der Waals surface area contributed by atoms with Crippen molar-refractivity contribution in [1.29, 1.82) is 0 Å². The molecule has 33 heavy (non-hydrogen) atoms. The molecule has 1 aromatic heterocycles. The first-order valence-electron chi connectivity index (χ1n) is 11.3. The molecule has 0 radical (unpaired) electrons. The van der Waals surface area contributed by atoms with Gasteiger partial charge in [0.1, 0.15) is 5.82 Å². The molecule has 1 aliphatic heterocycles. The highest BCUT2D eigenvalue weighted by Gasteiger charge is 2.26. The second kappa shape index (κ2) is 10.2. The van der Waals surface area contributed by atoms with E-state index in [4.69, 9.17) is 11.6 Å². The van der Waals surface area contributed by atoms with Gasteiger partial charge in [0.2, 0.25) is 15.9 Å². The molecule has 0 saturated carbocycles. The third-order valence-corrected chi connectivity index (χ3v) is 8.27. The number of halogens is 1. The molecule has 1 N–H and O–H groups in total. The maximum Gasteiger partial charge on any atom is 0.243 e. The van der Waals surface area contributed by atoms with Gasteiger partial charge in [0.15, 0.2) is 0 Å². The average molecular weight is 489 g/mol. The van der Waals surface area contributed by atoms with Crippen molar-refractivity contribution in [3.63, 3.8) is 0 Å². The lowest BCUT2D eigenvalue weighted by Gasteiger charge is -2.25. The van der Waals surface area contributed by atoms with Gasteiger partial charge in [-0.2, -0.15) is 4.31 Å². The number of aromatic nitrogens is 2. The number of amides is 1. The van der Waals surface area contributed by atoms with E-state index in [9.17, 15) is 13.2 Å². The molecule has 1 fully saturated rings. The van der Waals surface area contributed by atoms with Crippen molar-refractivity contribution < 1.29 is 13.2 Å². The van der Waals surface area contributed by atoms with Crippen molar-refractivity contribution in [2.45, 2.75) is 43.4 Å². The number of carbonyl (C=O) groups is 1. The van der Waals surface area contributed by atoms with E-state index in [1.807, 2.05) is 35.9 Å². The van der Waals surface area contributed by atoms with E-state index in [0.717, 1.165) is 42.6 Å². The lowest BCUT2D eigenvalue weighted by Crippen LogP contribution is -2.35. The summed E-state index contributed by atoms with van der Waals surface area (Å²) >= 11 is 5.89. The fourth-order valence-corrected chi connectivity index (χ4v) is 5.84. The van der Waals surface area contributed by atoms with E-state index >= 15 is 0 Å². The Morgan fingerprint density at radius 3 is 2.52 bits per heavy atom. The van der Waals surface area contributed by atoms with E-state index in [0.29, 0.717) is 43.0 Å². The van der Waals surface area contributed by atoms with E-state index in [-0.39, 0.29) is 10.8 Å². The zero-order valence-electron chi connectivity index (χ0n) is 18.8. The Morgan fingerprint density at radius 2 is 1.79 bits per heavy atom. The highest BCUT2D eigenvalue weighted by atomic mass is 35.5. The molecular weight excluding hydrogens is 460 g/mol. The van der Waals surface area contributed by atoms with Crippen LogP contribution in [0.25, 0.3) is 11.0 Å². The summed E-state index contributed by atoms with van der Waals surface area (Å²) in [5, 5.41) is 3.64. The summed E-state index contributed by atoms with van der Waals surface area (Å²) < 4.78 is 29.5. The molecule has 0 atom stereocenters. The second-order valence-corrected chi connectivity index (χ2v) is 10.8. The van der Waals surface area contributed by atoms with E-state index in [1.54, 1.807) is 22.5 Å². The maximum atomic E-state index is 13.0. The number of nitrogens with zero attached hydrogens (tertiary/aromatic N) is 3. The molecule has 4 rings (SSSR count). The minimum absolute atomic E-state index is 0.0376. The Hall–Kier alpha value is -2.42. The van der Waals surface area contributed by atoms with Crippen molar-refractivity contribution in [3.8, 4) is 0 Å². The summed E-state index contributed by atoms with van der Waals surface area (Å²) in [5.41, 5.74) is 2.60. The minimum atomic E-state index is -3.51. The molecule has 1 saturated heterocycles. The monoisotopic (exact) mass is 488 g/mol. The van der Waals surface area contributed by atoms with Crippen LogP contribution in [-0.4, -0.2) is 47.8 Å². The minimum Gasteiger partial charge on any atom is -0.356 e. The Morgan fingerprint density at radius 1 is 1.06 bits per heavy atom. The van der Waals surface area contributed by atoms with Gasteiger partial charge in [0.05, 0.1) is 15.9 Å². The van der Waals surface area contributed by atoms with Gasteiger partial charge in [0, 0.05) is 44.5 Å². The van der Waals surface area contributed by atoms with Gasteiger partial charge < -0.3 is 9.88 Å². The summed E-state index contributed by atoms with van der Waals surface area (Å²) in [6.45, 7) is 1.70. The van der Waals surface area contributed by atoms with Gasteiger partial charge in [-0.15, -0.1) is 0 Å². The SMILES string of the molecule is Cn1c(CCC(=O)NCCc2ccc(Cl)cc2)nc2cc(S(=O)(=O)N3CCCCC3)ccc21. The first kappa shape index (κ1) is 23.7. The van der Waals surface area contributed by atoms with Gasteiger partial charge in [-0.3, -0.25) is 4.79 Å². The normalized spacial score (nSPS) is 15.1. The zero-order chi connectivity index (χ0) is 23.4. The highest BCUT2D eigenvalue weighted by molar-refractivity contribution is 7.89. The molecule has 0 aliphatic carbocycles. The summed E-state index contributed by atoms with van der Waals surface area (Å²) in [5.74, 6) is 0.717. The number of hydrogen-bond donors (Lipinski definition) is 1. The third-order valence-electron chi connectivity index (χ3n) is 6.12. The topological polar surface area (TPSA) is 84.3 Å². The molecule has 176 valence electrons. The molecule has 1 amide bonds. The van der Waals surface area contributed by atoms with Crippen LogP contribution in [0.2, 0.25) is 5.02 Å². The lowest BCUT2D eigenvalue weighted by molar-refractivity contribution is -0.121. The number of benzene rings is 2. The van der Waals surface area contributed by atoms with Gasteiger partial charge in [-0.05, 0) is 55.2 Å². The van der Waals surface area contributed by atoms with Crippen LogP contribution in [0.1, 0.15) is 37.1 Å². The predicted molar refractivity (Wildman–Crippen MR) is 130 cm³/mol. The first-order valence-corrected chi connectivity index (χ1v) is 13.1. The zero-order valence-corrected chi connectivity index (χ0v) is 20.3. The van der Waals surface area contributed by atoms with Crippen LogP contribution in [0.5, 0.6) is 0 Å². The van der Waals surface area contributed by atoms with Crippen molar-refractivity contribution in [2.24, 2.45) is 7.05 Å². The number of piperidine rings is 1. The Kier molecular flexibility index (Phi) is 7.36. The summed E-state index contributed by atoms with van der Waals surface area (Å²) in [7, 11) is -1.62. The molecular formula is C24H29ClN4O3S. The van der Waals surface area contributed by atoms with Gasteiger partial charge >= 0.3 is 0 Å². The third kappa shape index (κ3) is 5.57. The molecule has 0 unspecified atom stereocenters. The molecule has 0 bridgehead atoms. The number of aryl methyl sites for hydroxylation is 2. The number of nitrogens with one attached hydrogen (secondary N) is 1. The van der Waals surface area contributed by atoms with Crippen LogP contribution in [0.15, 0.2) is 47.4 Å². The number of carbonyl (C=O) groups excluding carboxylic acids is 1. The summed E-state index contributed by atoms with van der Waals surface area (Å²) in [6.07, 6.45) is 4.41. The molecule has 2 aromatic carbocycles. The van der Waals surface area contributed by atoms with Gasteiger partial charge in [0.25, 0.3) is 0 Å². The standard InChI is InChI=1S/C24H29ClN4O3S/c1-28-22-10-9-20(33(31,32)29-15-3-2-4-16-29)17-21(22)27-23(28)11-12-24(30)26-14-13-18-5-7-19(25)8-6-18/h5-10,17H,2-4,11-16H2,1H3,(H,26,30). The number of rotatable bonds is 8. The van der Waals surface area contributed by atoms with E-state index in [1.165, 1.54) is 0 Å². The van der Waals surface area contributed by atoms with E-state index in [2.05, 4.69) is 10.3 Å².